The average Bonchev–Trinajstić information content (AvgIpc) is 3.25. The number of hydrogen-bond acceptors (Lipinski definition) is 7. The van der Waals surface area contributed by atoms with Gasteiger partial charge in [-0.05, 0) is 30.9 Å². The topological polar surface area (TPSA) is 187 Å². The summed E-state index contributed by atoms with van der Waals surface area (Å²) in [6.07, 6.45) is 1.18. The van der Waals surface area contributed by atoms with Gasteiger partial charge in [0.15, 0.2) is 6.04 Å². The Morgan fingerprint density at radius 3 is 2.25 bits per heavy atom. The second-order valence-corrected chi connectivity index (χ2v) is 9.22. The smallest absolute Gasteiger partial charge is 0.328 e. The number of H-pyrrole nitrogens is 1. The van der Waals surface area contributed by atoms with E-state index in [2.05, 4.69) is 33.6 Å². The number of aromatic amines is 1. The van der Waals surface area contributed by atoms with Gasteiger partial charge in [0.1, 0.15) is 12.1 Å². The van der Waals surface area contributed by atoms with E-state index >= 15 is 0 Å². The van der Waals surface area contributed by atoms with E-state index in [1.807, 2.05) is 31.2 Å². The number of carboxylic acids is 1. The summed E-state index contributed by atoms with van der Waals surface area (Å²) >= 11 is 4.16. The standard InChI is InChI=1S/C24H35N5O6S/c1-4-12(2)19(23(33)29-20(13(3)30)24(34)35)28-22(32)18(11-36)27-21(31)16(25)9-14-10-26-17-8-6-5-7-15(14)17/h5-8,10,12-13,16,18-20,26,30,36H,4,9,11,25H2,1-3H3,(H,27,31)(H,28,32)(H,29,33)(H,34,35). The third kappa shape index (κ3) is 7.45. The van der Waals surface area contributed by atoms with Crippen LogP contribution in [-0.2, 0) is 25.6 Å². The molecule has 0 radical (unpaired) electrons. The number of amides is 3. The molecule has 0 aliphatic heterocycles. The zero-order valence-electron chi connectivity index (χ0n) is 20.5. The summed E-state index contributed by atoms with van der Waals surface area (Å²) in [7, 11) is 0. The second-order valence-electron chi connectivity index (χ2n) is 8.85. The predicted octanol–water partition coefficient (Wildman–Crippen LogP) is -0.0666. The fourth-order valence-corrected chi connectivity index (χ4v) is 3.95. The number of para-hydroxylation sites is 1. The highest BCUT2D eigenvalue weighted by Gasteiger charge is 2.33. The first-order valence-corrected chi connectivity index (χ1v) is 12.4. The monoisotopic (exact) mass is 521 g/mol. The Bertz CT molecular complexity index is 1070. The maximum atomic E-state index is 12.9. The maximum Gasteiger partial charge on any atom is 0.328 e. The summed E-state index contributed by atoms with van der Waals surface area (Å²) in [6.45, 7) is 4.76. The van der Waals surface area contributed by atoms with Gasteiger partial charge in [-0.3, -0.25) is 14.4 Å². The number of hydrogen-bond donors (Lipinski definition) is 8. The van der Waals surface area contributed by atoms with Crippen LogP contribution in [0.5, 0.6) is 0 Å². The van der Waals surface area contributed by atoms with E-state index in [1.54, 1.807) is 13.1 Å². The van der Waals surface area contributed by atoms with E-state index in [-0.39, 0.29) is 18.1 Å². The Balaban J connectivity index is 2.06. The lowest BCUT2D eigenvalue weighted by molar-refractivity contribution is -0.145. The molecule has 1 heterocycles. The van der Waals surface area contributed by atoms with Gasteiger partial charge in [0.05, 0.1) is 12.1 Å². The Labute approximate surface area is 215 Å². The molecule has 6 unspecified atom stereocenters. The van der Waals surface area contributed by atoms with Crippen molar-refractivity contribution < 1.29 is 29.4 Å². The molecule has 6 atom stereocenters. The molecule has 2 rings (SSSR count). The highest BCUT2D eigenvalue weighted by molar-refractivity contribution is 7.80. The summed E-state index contributed by atoms with van der Waals surface area (Å²) in [4.78, 5) is 53.0. The van der Waals surface area contributed by atoms with Crippen molar-refractivity contribution in [3.05, 3.63) is 36.0 Å². The molecule has 2 aromatic rings. The van der Waals surface area contributed by atoms with Crippen LogP contribution in [-0.4, -0.2) is 74.9 Å². The minimum Gasteiger partial charge on any atom is -0.480 e. The Morgan fingerprint density at radius 1 is 1.03 bits per heavy atom. The molecule has 0 fully saturated rings. The van der Waals surface area contributed by atoms with E-state index in [4.69, 9.17) is 5.73 Å². The number of fused-ring (bicyclic) bond motifs is 1. The van der Waals surface area contributed by atoms with Gasteiger partial charge in [0.25, 0.3) is 0 Å². The van der Waals surface area contributed by atoms with Crippen LogP contribution in [0, 0.1) is 5.92 Å². The third-order valence-corrected chi connectivity index (χ3v) is 6.47. The molecule has 0 aliphatic rings. The normalized spacial score (nSPS) is 16.3. The summed E-state index contributed by atoms with van der Waals surface area (Å²) in [5, 5.41) is 27.3. The number of rotatable bonds is 13. The fourth-order valence-electron chi connectivity index (χ4n) is 3.69. The highest BCUT2D eigenvalue weighted by atomic mass is 32.1. The zero-order chi connectivity index (χ0) is 27.0. The lowest BCUT2D eigenvalue weighted by Crippen LogP contribution is -2.60. The molecule has 3 amide bonds. The van der Waals surface area contributed by atoms with E-state index < -0.39 is 54.0 Å². The van der Waals surface area contributed by atoms with Crippen molar-refractivity contribution in [2.24, 2.45) is 11.7 Å². The van der Waals surface area contributed by atoms with Crippen molar-refractivity contribution in [1.82, 2.24) is 20.9 Å². The minimum atomic E-state index is -1.54. The lowest BCUT2D eigenvalue weighted by atomic mass is 9.97. The molecular weight excluding hydrogens is 486 g/mol. The number of benzene rings is 1. The number of carbonyl (C=O) groups is 4. The van der Waals surface area contributed by atoms with E-state index in [1.165, 1.54) is 6.92 Å². The first-order chi connectivity index (χ1) is 17.0. The van der Waals surface area contributed by atoms with Crippen molar-refractivity contribution in [3.63, 3.8) is 0 Å². The summed E-state index contributed by atoms with van der Waals surface area (Å²) in [6, 6.07) is 2.96. The fraction of sp³-hybridized carbons (Fsp3) is 0.500. The molecule has 0 aliphatic carbocycles. The van der Waals surface area contributed by atoms with E-state index in [0.717, 1.165) is 16.5 Å². The van der Waals surface area contributed by atoms with Crippen LogP contribution >= 0.6 is 12.6 Å². The van der Waals surface area contributed by atoms with Gasteiger partial charge in [-0.15, -0.1) is 0 Å². The van der Waals surface area contributed by atoms with Crippen LogP contribution in [0.25, 0.3) is 10.9 Å². The van der Waals surface area contributed by atoms with Crippen molar-refractivity contribution >= 4 is 47.2 Å². The number of nitrogens with one attached hydrogen (secondary N) is 4. The van der Waals surface area contributed by atoms with Crippen molar-refractivity contribution in [3.8, 4) is 0 Å². The molecule has 1 aromatic carbocycles. The van der Waals surface area contributed by atoms with Gasteiger partial charge in [-0.2, -0.15) is 12.6 Å². The second kappa shape index (κ2) is 13.3. The number of nitrogens with two attached hydrogens (primary N) is 1. The first-order valence-electron chi connectivity index (χ1n) is 11.7. The molecule has 0 saturated heterocycles. The third-order valence-electron chi connectivity index (χ3n) is 6.11. The molecule has 1 aromatic heterocycles. The molecule has 12 heteroatoms. The number of thiol groups is 1. The van der Waals surface area contributed by atoms with Crippen LogP contribution in [0.4, 0.5) is 0 Å². The number of aliphatic carboxylic acids is 1. The highest BCUT2D eigenvalue weighted by Crippen LogP contribution is 2.19. The van der Waals surface area contributed by atoms with Crippen LogP contribution < -0.4 is 21.7 Å². The van der Waals surface area contributed by atoms with Crippen molar-refractivity contribution in [2.45, 2.75) is 63.9 Å². The van der Waals surface area contributed by atoms with Gasteiger partial charge < -0.3 is 36.9 Å². The number of aliphatic hydroxyl groups is 1. The summed E-state index contributed by atoms with van der Waals surface area (Å²) in [5.74, 6) is -3.81. The number of carboxylic acid groups (broad SMARTS) is 1. The van der Waals surface area contributed by atoms with Gasteiger partial charge >= 0.3 is 5.97 Å². The Kier molecular flexibility index (Phi) is 10.8. The van der Waals surface area contributed by atoms with Gasteiger partial charge in [0.2, 0.25) is 17.7 Å². The Morgan fingerprint density at radius 2 is 1.67 bits per heavy atom. The number of aromatic nitrogens is 1. The van der Waals surface area contributed by atoms with Gasteiger partial charge in [0, 0.05) is 22.9 Å². The molecule has 198 valence electrons. The molecule has 8 N–H and O–H groups in total. The molecule has 0 bridgehead atoms. The first kappa shape index (κ1) is 29.1. The number of aliphatic hydroxyl groups excluding tert-OH is 1. The summed E-state index contributed by atoms with van der Waals surface area (Å²) in [5.41, 5.74) is 7.89. The zero-order valence-corrected chi connectivity index (χ0v) is 21.4. The summed E-state index contributed by atoms with van der Waals surface area (Å²) < 4.78 is 0. The molecule has 36 heavy (non-hydrogen) atoms. The quantitative estimate of drug-likeness (QED) is 0.169. The number of carbonyl (C=O) groups excluding carboxylic acids is 3. The maximum absolute atomic E-state index is 12.9. The van der Waals surface area contributed by atoms with E-state index in [9.17, 15) is 29.4 Å². The largest absolute Gasteiger partial charge is 0.480 e. The molecular formula is C24H35N5O6S. The molecule has 11 nitrogen and oxygen atoms in total. The molecule has 0 spiro atoms. The predicted molar refractivity (Wildman–Crippen MR) is 138 cm³/mol. The van der Waals surface area contributed by atoms with Crippen LogP contribution in [0.1, 0.15) is 32.8 Å². The van der Waals surface area contributed by atoms with Crippen LogP contribution in [0.2, 0.25) is 0 Å². The van der Waals surface area contributed by atoms with Crippen molar-refractivity contribution in [2.75, 3.05) is 5.75 Å². The van der Waals surface area contributed by atoms with Crippen LogP contribution in [0.15, 0.2) is 30.5 Å². The molecule has 0 saturated carbocycles. The van der Waals surface area contributed by atoms with Crippen LogP contribution in [0.3, 0.4) is 0 Å². The lowest BCUT2D eigenvalue weighted by Gasteiger charge is -2.28. The van der Waals surface area contributed by atoms with Gasteiger partial charge in [-0.1, -0.05) is 38.5 Å². The van der Waals surface area contributed by atoms with Crippen molar-refractivity contribution in [1.29, 1.82) is 0 Å². The minimum absolute atomic E-state index is 0.0579. The van der Waals surface area contributed by atoms with E-state index in [0.29, 0.717) is 6.42 Å². The SMILES string of the molecule is CCC(C)C(NC(=O)C(CS)NC(=O)C(N)Cc1c[nH]c2ccccc12)C(=O)NC(C(=O)O)C(C)O. The Hall–Kier alpha value is -3.09. The average molecular weight is 522 g/mol. The van der Waals surface area contributed by atoms with Gasteiger partial charge in [-0.25, -0.2) is 4.79 Å².